The van der Waals surface area contributed by atoms with Crippen molar-refractivity contribution in [2.75, 3.05) is 0 Å². The van der Waals surface area contributed by atoms with Gasteiger partial charge in [-0.25, -0.2) is 0 Å². The molecule has 0 saturated carbocycles. The van der Waals surface area contributed by atoms with Gasteiger partial charge < -0.3 is 9.47 Å². The minimum atomic E-state index is -0.141. The summed E-state index contributed by atoms with van der Waals surface area (Å²) in [6, 6.07) is 12.6. The van der Waals surface area contributed by atoms with E-state index in [-0.39, 0.29) is 11.0 Å². The van der Waals surface area contributed by atoms with E-state index in [1.54, 1.807) is 0 Å². The third-order valence-electron chi connectivity index (χ3n) is 4.90. The Labute approximate surface area is 158 Å². The molecule has 1 aliphatic rings. The molecule has 0 unspecified atom stereocenters. The van der Waals surface area contributed by atoms with E-state index in [1.807, 2.05) is 6.07 Å². The Morgan fingerprint density at radius 2 is 1.81 bits per heavy atom. The minimum absolute atomic E-state index is 0.00163. The molecule has 0 fully saturated rings. The van der Waals surface area contributed by atoms with E-state index in [4.69, 9.17) is 9.47 Å². The molecule has 2 aromatic carbocycles. The first-order valence-corrected chi connectivity index (χ1v) is 9.76. The maximum Gasteiger partial charge on any atom is 0.127 e. The van der Waals surface area contributed by atoms with Crippen LogP contribution in [0.4, 0.5) is 0 Å². The highest BCUT2D eigenvalue weighted by molar-refractivity contribution is 5.58. The van der Waals surface area contributed by atoms with Crippen molar-refractivity contribution in [1.29, 1.82) is 0 Å². The van der Waals surface area contributed by atoms with Gasteiger partial charge in [-0.1, -0.05) is 64.4 Å². The molecule has 1 heterocycles. The normalized spacial score (nSPS) is 15.5. The van der Waals surface area contributed by atoms with Crippen LogP contribution in [0, 0.1) is 0 Å². The van der Waals surface area contributed by atoms with Crippen LogP contribution in [0.15, 0.2) is 36.4 Å². The van der Waals surface area contributed by atoms with E-state index >= 15 is 0 Å². The number of rotatable bonds is 5. The Morgan fingerprint density at radius 1 is 1.12 bits per heavy atom. The second-order valence-electron chi connectivity index (χ2n) is 9.03. The topological polar surface area (TPSA) is 18.5 Å². The lowest BCUT2D eigenvalue weighted by Gasteiger charge is -2.28. The maximum atomic E-state index is 6.38. The fourth-order valence-electron chi connectivity index (χ4n) is 3.94. The van der Waals surface area contributed by atoms with Crippen molar-refractivity contribution in [2.24, 2.45) is 0 Å². The van der Waals surface area contributed by atoms with Gasteiger partial charge in [0.25, 0.3) is 0 Å². The minimum Gasteiger partial charge on any atom is -0.489 e. The van der Waals surface area contributed by atoms with Gasteiger partial charge in [0.1, 0.15) is 23.7 Å². The van der Waals surface area contributed by atoms with Gasteiger partial charge in [0, 0.05) is 23.1 Å². The van der Waals surface area contributed by atoms with Gasteiger partial charge in [0.15, 0.2) is 0 Å². The average Bonchev–Trinajstić information content (AvgIpc) is 2.87. The highest BCUT2D eigenvalue weighted by Gasteiger charge is 2.36. The number of fused-ring (bicyclic) bond motifs is 1. The summed E-state index contributed by atoms with van der Waals surface area (Å²) >= 11 is 0. The third-order valence-corrected chi connectivity index (χ3v) is 4.90. The van der Waals surface area contributed by atoms with Crippen molar-refractivity contribution in [3.05, 3.63) is 58.7 Å². The van der Waals surface area contributed by atoms with E-state index in [0.29, 0.717) is 6.61 Å². The van der Waals surface area contributed by atoms with Crippen molar-refractivity contribution in [1.82, 2.24) is 0 Å². The Kier molecular flexibility index (Phi) is 5.05. The Hall–Kier alpha value is -1.96. The Balaban J connectivity index is 2.06. The van der Waals surface area contributed by atoms with Crippen LogP contribution in [0.25, 0.3) is 0 Å². The van der Waals surface area contributed by atoms with Gasteiger partial charge in [-0.2, -0.15) is 0 Å². The second-order valence-corrected chi connectivity index (χ2v) is 9.03. The molecule has 0 radical (unpaired) electrons. The summed E-state index contributed by atoms with van der Waals surface area (Å²) < 4.78 is 12.8. The molecule has 2 aromatic rings. The average molecular weight is 353 g/mol. The van der Waals surface area contributed by atoms with Gasteiger partial charge in [0.05, 0.1) is 0 Å². The molecule has 0 N–H and O–H groups in total. The van der Waals surface area contributed by atoms with Crippen LogP contribution in [0.5, 0.6) is 11.5 Å². The Morgan fingerprint density at radius 3 is 2.42 bits per heavy atom. The largest absolute Gasteiger partial charge is 0.489 e. The first kappa shape index (κ1) is 18.8. The van der Waals surface area contributed by atoms with E-state index in [9.17, 15) is 0 Å². The number of hydrogen-bond acceptors (Lipinski definition) is 2. The van der Waals surface area contributed by atoms with E-state index < -0.39 is 0 Å². The molecule has 2 heteroatoms. The number of benzene rings is 2. The van der Waals surface area contributed by atoms with Gasteiger partial charge in [-0.3, -0.25) is 0 Å². The van der Waals surface area contributed by atoms with Crippen LogP contribution in [0.2, 0.25) is 0 Å². The highest BCUT2D eigenvalue weighted by atomic mass is 16.5. The fraction of sp³-hybridized carbons (Fsp3) is 0.500. The lowest BCUT2D eigenvalue weighted by Crippen LogP contribution is -2.25. The van der Waals surface area contributed by atoms with Crippen LogP contribution in [-0.4, -0.2) is 5.60 Å². The van der Waals surface area contributed by atoms with Crippen molar-refractivity contribution in [3.63, 3.8) is 0 Å². The molecule has 140 valence electrons. The van der Waals surface area contributed by atoms with Gasteiger partial charge in [-0.05, 0) is 37.3 Å². The van der Waals surface area contributed by atoms with Crippen molar-refractivity contribution in [2.45, 2.75) is 78.4 Å². The first-order valence-electron chi connectivity index (χ1n) is 9.76. The SMILES string of the molecule is CCCc1c2c(cc(OCc3ccccc3)c1C(C)(C)C)CC(C)(C)O2. The molecule has 0 bridgehead atoms. The summed E-state index contributed by atoms with van der Waals surface area (Å²) in [5.74, 6) is 2.12. The number of ether oxygens (including phenoxy) is 2. The molecule has 26 heavy (non-hydrogen) atoms. The number of hydrogen-bond donors (Lipinski definition) is 0. The van der Waals surface area contributed by atoms with Crippen LogP contribution in [0.1, 0.15) is 70.2 Å². The summed E-state index contributed by atoms with van der Waals surface area (Å²) in [5.41, 5.74) is 4.98. The van der Waals surface area contributed by atoms with Gasteiger partial charge in [-0.15, -0.1) is 0 Å². The molecular formula is C24H32O2. The van der Waals surface area contributed by atoms with Crippen LogP contribution < -0.4 is 9.47 Å². The molecule has 0 aromatic heterocycles. The summed E-state index contributed by atoms with van der Waals surface area (Å²) in [4.78, 5) is 0. The van der Waals surface area contributed by atoms with E-state index in [0.717, 1.165) is 30.8 Å². The predicted octanol–water partition coefficient (Wildman–Crippen LogP) is 6.23. The quantitative estimate of drug-likeness (QED) is 0.635. The highest BCUT2D eigenvalue weighted by Crippen LogP contribution is 2.47. The second kappa shape index (κ2) is 6.98. The summed E-state index contributed by atoms with van der Waals surface area (Å²) in [7, 11) is 0. The zero-order valence-corrected chi connectivity index (χ0v) is 17.1. The zero-order valence-electron chi connectivity index (χ0n) is 17.1. The first-order chi connectivity index (χ1) is 12.2. The molecule has 1 aliphatic heterocycles. The smallest absolute Gasteiger partial charge is 0.127 e. The molecule has 0 atom stereocenters. The van der Waals surface area contributed by atoms with Crippen LogP contribution in [0.3, 0.4) is 0 Å². The van der Waals surface area contributed by atoms with Crippen LogP contribution >= 0.6 is 0 Å². The van der Waals surface area contributed by atoms with Crippen molar-refractivity contribution < 1.29 is 9.47 Å². The van der Waals surface area contributed by atoms with Gasteiger partial charge in [0.2, 0.25) is 0 Å². The van der Waals surface area contributed by atoms with E-state index in [2.05, 4.69) is 71.9 Å². The summed E-state index contributed by atoms with van der Waals surface area (Å²) in [6.07, 6.45) is 3.06. The van der Waals surface area contributed by atoms with Crippen LogP contribution in [-0.2, 0) is 24.9 Å². The predicted molar refractivity (Wildman–Crippen MR) is 108 cm³/mol. The lowest BCUT2D eigenvalue weighted by molar-refractivity contribution is 0.137. The summed E-state index contributed by atoms with van der Waals surface area (Å²) in [5, 5.41) is 0. The maximum absolute atomic E-state index is 6.38. The summed E-state index contributed by atoms with van der Waals surface area (Å²) in [6.45, 7) is 14.0. The van der Waals surface area contributed by atoms with E-state index in [1.165, 1.54) is 22.3 Å². The van der Waals surface area contributed by atoms with Crippen molar-refractivity contribution >= 4 is 0 Å². The Bertz CT molecular complexity index is 767. The molecule has 0 spiro atoms. The molecule has 0 saturated heterocycles. The molecule has 0 aliphatic carbocycles. The lowest BCUT2D eigenvalue weighted by atomic mass is 9.80. The molecule has 3 rings (SSSR count). The third kappa shape index (κ3) is 3.90. The van der Waals surface area contributed by atoms with Crippen molar-refractivity contribution in [3.8, 4) is 11.5 Å². The van der Waals surface area contributed by atoms with Gasteiger partial charge >= 0.3 is 0 Å². The molecular weight excluding hydrogens is 320 g/mol. The monoisotopic (exact) mass is 352 g/mol. The molecule has 2 nitrogen and oxygen atoms in total. The fourth-order valence-corrected chi connectivity index (χ4v) is 3.94. The standard InChI is InChI=1S/C24H32O2/c1-7-11-19-21(23(2,3)4)20(25-16-17-12-9-8-10-13-17)14-18-15-24(5,6)26-22(18)19/h8-10,12-14H,7,11,15-16H2,1-6H3. The molecule has 0 amide bonds. The zero-order chi connectivity index (χ0) is 18.9.